The molecule has 0 N–H and O–H groups in total. The molecule has 1 heterocycles. The molecule has 0 spiro atoms. The lowest BCUT2D eigenvalue weighted by Gasteiger charge is -2.13. The number of hydrogen-bond donors (Lipinski definition) is 0. The van der Waals surface area contributed by atoms with Gasteiger partial charge in [0, 0.05) is 11.5 Å². The highest BCUT2D eigenvalue weighted by Crippen LogP contribution is 2.15. The Morgan fingerprint density at radius 1 is 1.13 bits per heavy atom. The summed E-state index contributed by atoms with van der Waals surface area (Å²) < 4.78 is 8.24. The number of aryl methyl sites for hydroxylation is 1. The Labute approximate surface area is 180 Å². The minimum Gasteiger partial charge on any atom is -0.497 e. The number of benzene rings is 2. The number of carbonyl (C=O) groups is 1. The molecule has 4 nitrogen and oxygen atoms in total. The lowest BCUT2D eigenvalue weighted by atomic mass is 9.91. The standard InChI is InChI=1S/C25H27NO3S/c1-17-8-6-9-18(12-17)14-21-24(28)26(16-19-10-7-11-20(13-19)29-5)23(30-21)15-22(27)25(2,3)4/h6-15H,16H2,1-5H3/b21-14+,23-15-. The fourth-order valence-electron chi connectivity index (χ4n) is 2.99. The van der Waals surface area contributed by atoms with Gasteiger partial charge >= 0.3 is 0 Å². The van der Waals surface area contributed by atoms with Crippen LogP contribution in [0.1, 0.15) is 37.5 Å². The van der Waals surface area contributed by atoms with Gasteiger partial charge < -0.3 is 4.74 Å². The highest BCUT2D eigenvalue weighted by atomic mass is 32.1. The molecule has 156 valence electrons. The van der Waals surface area contributed by atoms with Gasteiger partial charge in [0.2, 0.25) is 0 Å². The summed E-state index contributed by atoms with van der Waals surface area (Å²) in [6, 6.07) is 15.6. The summed E-state index contributed by atoms with van der Waals surface area (Å²) in [7, 11) is 1.62. The van der Waals surface area contributed by atoms with Crippen molar-refractivity contribution in [3.63, 3.8) is 0 Å². The third kappa shape index (κ3) is 5.16. The van der Waals surface area contributed by atoms with Crippen molar-refractivity contribution >= 4 is 29.3 Å². The Balaban J connectivity index is 2.18. The highest BCUT2D eigenvalue weighted by molar-refractivity contribution is 7.07. The Morgan fingerprint density at radius 3 is 2.53 bits per heavy atom. The van der Waals surface area contributed by atoms with Gasteiger partial charge in [-0.3, -0.25) is 14.2 Å². The van der Waals surface area contributed by atoms with Crippen molar-refractivity contribution in [2.24, 2.45) is 5.41 Å². The Kier molecular flexibility index (Phi) is 6.42. The zero-order valence-electron chi connectivity index (χ0n) is 18.1. The molecule has 2 aromatic carbocycles. The summed E-state index contributed by atoms with van der Waals surface area (Å²) in [6.45, 7) is 8.03. The zero-order valence-corrected chi connectivity index (χ0v) is 18.9. The molecular weight excluding hydrogens is 394 g/mol. The van der Waals surface area contributed by atoms with Gasteiger partial charge in [0.15, 0.2) is 5.78 Å². The van der Waals surface area contributed by atoms with Gasteiger partial charge in [0.05, 0.1) is 18.2 Å². The van der Waals surface area contributed by atoms with Crippen LogP contribution in [0.25, 0.3) is 12.2 Å². The maximum absolute atomic E-state index is 13.2. The molecule has 0 fully saturated rings. The Morgan fingerprint density at radius 2 is 1.87 bits per heavy atom. The van der Waals surface area contributed by atoms with Gasteiger partial charge in [-0.25, -0.2) is 0 Å². The van der Waals surface area contributed by atoms with E-state index in [1.54, 1.807) is 17.8 Å². The van der Waals surface area contributed by atoms with E-state index in [1.807, 2.05) is 82.3 Å². The average molecular weight is 422 g/mol. The van der Waals surface area contributed by atoms with Crippen LogP contribution in [0.4, 0.5) is 0 Å². The monoisotopic (exact) mass is 421 g/mol. The fraction of sp³-hybridized carbons (Fsp3) is 0.280. The first-order valence-electron chi connectivity index (χ1n) is 9.84. The summed E-state index contributed by atoms with van der Waals surface area (Å²) in [4.78, 5) is 25.9. The smallest absolute Gasteiger partial charge is 0.269 e. The molecule has 0 amide bonds. The van der Waals surface area contributed by atoms with Crippen molar-refractivity contribution < 1.29 is 9.53 Å². The van der Waals surface area contributed by atoms with Crippen molar-refractivity contribution in [1.29, 1.82) is 0 Å². The van der Waals surface area contributed by atoms with Crippen molar-refractivity contribution in [3.8, 4) is 5.75 Å². The number of rotatable bonds is 5. The quantitative estimate of drug-likeness (QED) is 0.634. The number of carbonyl (C=O) groups excluding carboxylic acids is 1. The van der Waals surface area contributed by atoms with E-state index in [0.29, 0.717) is 15.7 Å². The van der Waals surface area contributed by atoms with Crippen LogP contribution in [0.5, 0.6) is 5.75 Å². The first-order valence-corrected chi connectivity index (χ1v) is 10.7. The molecule has 0 aliphatic heterocycles. The summed E-state index contributed by atoms with van der Waals surface area (Å²) in [6.07, 6.45) is 3.49. The molecule has 0 bridgehead atoms. The van der Waals surface area contributed by atoms with Gasteiger partial charge in [0.25, 0.3) is 5.56 Å². The van der Waals surface area contributed by atoms with Gasteiger partial charge in [-0.2, -0.15) is 0 Å². The van der Waals surface area contributed by atoms with Crippen LogP contribution in [0, 0.1) is 12.3 Å². The Hall–Kier alpha value is -2.92. The minimum absolute atomic E-state index is 0.00903. The first kappa shape index (κ1) is 21.8. The van der Waals surface area contributed by atoms with Crippen LogP contribution < -0.4 is 19.5 Å². The predicted octanol–water partition coefficient (Wildman–Crippen LogP) is 3.50. The van der Waals surface area contributed by atoms with E-state index >= 15 is 0 Å². The summed E-state index contributed by atoms with van der Waals surface area (Å²) >= 11 is 1.35. The second kappa shape index (κ2) is 8.84. The number of methoxy groups -OCH3 is 1. The van der Waals surface area contributed by atoms with Crippen LogP contribution in [0.3, 0.4) is 0 Å². The lowest BCUT2D eigenvalue weighted by Crippen LogP contribution is -2.32. The molecule has 1 aromatic heterocycles. The van der Waals surface area contributed by atoms with Crippen molar-refractivity contribution in [2.45, 2.75) is 34.2 Å². The molecular formula is C25H27NO3S. The Bertz CT molecular complexity index is 1240. The average Bonchev–Trinajstić information content (AvgIpc) is 2.96. The number of thiazole rings is 1. The maximum Gasteiger partial charge on any atom is 0.269 e. The van der Waals surface area contributed by atoms with E-state index in [0.717, 1.165) is 22.4 Å². The van der Waals surface area contributed by atoms with Crippen molar-refractivity contribution in [3.05, 3.63) is 84.8 Å². The second-order valence-corrected chi connectivity index (χ2v) is 9.43. The van der Waals surface area contributed by atoms with Crippen molar-refractivity contribution in [2.75, 3.05) is 7.11 Å². The third-order valence-electron chi connectivity index (χ3n) is 4.74. The van der Waals surface area contributed by atoms with E-state index in [2.05, 4.69) is 0 Å². The molecule has 0 atom stereocenters. The molecule has 3 aromatic rings. The van der Waals surface area contributed by atoms with Crippen LogP contribution >= 0.6 is 11.3 Å². The maximum atomic E-state index is 13.2. The van der Waals surface area contributed by atoms with E-state index < -0.39 is 5.41 Å². The summed E-state index contributed by atoms with van der Waals surface area (Å²) in [5, 5.41) is 0. The van der Waals surface area contributed by atoms with E-state index in [-0.39, 0.29) is 11.3 Å². The number of hydrogen-bond acceptors (Lipinski definition) is 4. The topological polar surface area (TPSA) is 48.3 Å². The molecule has 30 heavy (non-hydrogen) atoms. The molecule has 0 unspecified atom stereocenters. The van der Waals surface area contributed by atoms with Crippen LogP contribution in [0.2, 0.25) is 0 Å². The largest absolute Gasteiger partial charge is 0.497 e. The summed E-state index contributed by atoms with van der Waals surface area (Å²) in [5.41, 5.74) is 2.43. The molecule has 3 rings (SSSR count). The molecule has 5 heteroatoms. The normalized spacial score (nSPS) is 13.0. The minimum atomic E-state index is -0.513. The molecule has 0 aliphatic carbocycles. The van der Waals surface area contributed by atoms with Gasteiger partial charge in [0.1, 0.15) is 10.4 Å². The third-order valence-corrected chi connectivity index (χ3v) is 5.80. The number of aromatic nitrogens is 1. The molecule has 0 saturated carbocycles. The highest BCUT2D eigenvalue weighted by Gasteiger charge is 2.19. The predicted molar refractivity (Wildman–Crippen MR) is 124 cm³/mol. The number of nitrogens with zero attached hydrogens (tertiary/aromatic N) is 1. The number of Topliss-reactive ketones (excluding diaryl/α,β-unsaturated/α-hetero) is 1. The van der Waals surface area contributed by atoms with Crippen molar-refractivity contribution in [1.82, 2.24) is 4.57 Å². The molecule has 0 aliphatic rings. The first-order chi connectivity index (χ1) is 14.2. The fourth-order valence-corrected chi connectivity index (χ4v) is 4.03. The van der Waals surface area contributed by atoms with Gasteiger partial charge in [-0.15, -0.1) is 11.3 Å². The SMILES string of the molecule is COc1cccc(Cn2c(=O)/c(=C\c3cccc(C)c3)s/c2=C\C(=O)C(C)(C)C)c1. The van der Waals surface area contributed by atoms with E-state index in [4.69, 9.17) is 4.74 Å². The molecule has 0 saturated heterocycles. The number of ketones is 1. The van der Waals surface area contributed by atoms with E-state index in [9.17, 15) is 9.59 Å². The molecule has 0 radical (unpaired) electrons. The van der Waals surface area contributed by atoms with Crippen LogP contribution in [-0.2, 0) is 11.3 Å². The van der Waals surface area contributed by atoms with Gasteiger partial charge in [-0.05, 0) is 36.3 Å². The zero-order chi connectivity index (χ0) is 21.9. The second-order valence-electron chi connectivity index (χ2n) is 8.36. The lowest BCUT2D eigenvalue weighted by molar-refractivity contribution is -0.120. The number of ether oxygens (including phenoxy) is 1. The summed E-state index contributed by atoms with van der Waals surface area (Å²) in [5.74, 6) is 0.726. The van der Waals surface area contributed by atoms with Crippen LogP contribution in [0.15, 0.2) is 53.3 Å². The van der Waals surface area contributed by atoms with E-state index in [1.165, 1.54) is 11.3 Å². The van der Waals surface area contributed by atoms with Gasteiger partial charge in [-0.1, -0.05) is 62.7 Å². The van der Waals surface area contributed by atoms with Crippen LogP contribution in [-0.4, -0.2) is 17.5 Å².